The molecule has 2 saturated heterocycles. The number of nitrogens with zero attached hydrogens (tertiary/aromatic N) is 1. The first kappa shape index (κ1) is 18.4. The summed E-state index contributed by atoms with van der Waals surface area (Å²) in [5, 5.41) is 5.72. The molecule has 3 rings (SSSR count). The Bertz CT molecular complexity index is 686. The molecule has 1 aromatic carbocycles. The van der Waals surface area contributed by atoms with Crippen molar-refractivity contribution < 1.29 is 28.2 Å². The van der Waals surface area contributed by atoms with Gasteiger partial charge in [0.25, 0.3) is 0 Å². The van der Waals surface area contributed by atoms with Crippen LogP contribution in [0.4, 0.5) is 14.9 Å². The summed E-state index contributed by atoms with van der Waals surface area (Å²) >= 11 is 0. The Labute approximate surface area is 150 Å². The summed E-state index contributed by atoms with van der Waals surface area (Å²) in [6, 6.07) is 4.33. The third-order valence-electron chi connectivity index (χ3n) is 4.37. The van der Waals surface area contributed by atoms with E-state index in [1.54, 1.807) is 13.2 Å². The maximum absolute atomic E-state index is 14.4. The number of ether oxygens (including phenoxy) is 3. The third kappa shape index (κ3) is 4.05. The smallest absolute Gasteiger partial charge is 0.414 e. The number of rotatable bonds is 6. The number of nitrogens with one attached hydrogen (secondary N) is 2. The third-order valence-corrected chi connectivity index (χ3v) is 4.37. The van der Waals surface area contributed by atoms with Gasteiger partial charge < -0.3 is 24.8 Å². The fourth-order valence-corrected chi connectivity index (χ4v) is 3.00. The molecule has 26 heavy (non-hydrogen) atoms. The van der Waals surface area contributed by atoms with E-state index in [2.05, 4.69) is 10.6 Å². The van der Waals surface area contributed by atoms with Crippen LogP contribution >= 0.6 is 0 Å². The number of methoxy groups -OCH3 is 1. The van der Waals surface area contributed by atoms with Gasteiger partial charge in [-0.15, -0.1) is 0 Å². The number of carbonyl (C=O) groups excluding carboxylic acids is 2. The van der Waals surface area contributed by atoms with E-state index in [4.69, 9.17) is 14.2 Å². The minimum absolute atomic E-state index is 0.104. The zero-order valence-electron chi connectivity index (χ0n) is 14.7. The maximum atomic E-state index is 14.4. The van der Waals surface area contributed by atoms with Crippen molar-refractivity contribution >= 4 is 17.7 Å². The van der Waals surface area contributed by atoms with E-state index in [1.807, 2.05) is 0 Å². The van der Waals surface area contributed by atoms with Crippen molar-refractivity contribution in [3.63, 3.8) is 0 Å². The van der Waals surface area contributed by atoms with Crippen molar-refractivity contribution in [3.8, 4) is 5.75 Å². The topological polar surface area (TPSA) is 89.1 Å². The van der Waals surface area contributed by atoms with Crippen LogP contribution in [0.3, 0.4) is 0 Å². The molecule has 2 N–H and O–H groups in total. The van der Waals surface area contributed by atoms with Gasteiger partial charge >= 0.3 is 6.09 Å². The van der Waals surface area contributed by atoms with Crippen LogP contribution in [0.2, 0.25) is 0 Å². The Morgan fingerprint density at radius 2 is 2.19 bits per heavy atom. The second-order valence-electron chi connectivity index (χ2n) is 6.26. The molecule has 142 valence electrons. The van der Waals surface area contributed by atoms with E-state index < -0.39 is 18.0 Å². The molecular formula is C17H22FN3O5. The number of amides is 2. The van der Waals surface area contributed by atoms with Crippen LogP contribution in [0, 0.1) is 5.82 Å². The first-order valence-electron chi connectivity index (χ1n) is 8.40. The molecule has 1 aromatic rings. The molecule has 2 fully saturated rings. The van der Waals surface area contributed by atoms with Crippen molar-refractivity contribution in [1.29, 1.82) is 0 Å². The zero-order valence-corrected chi connectivity index (χ0v) is 14.7. The summed E-state index contributed by atoms with van der Waals surface area (Å²) in [6.45, 7) is 3.06. The molecule has 0 bridgehead atoms. The van der Waals surface area contributed by atoms with Crippen LogP contribution in [0.15, 0.2) is 18.2 Å². The van der Waals surface area contributed by atoms with E-state index in [0.717, 1.165) is 0 Å². The number of anilines is 1. The van der Waals surface area contributed by atoms with Gasteiger partial charge in [-0.05, 0) is 12.1 Å². The Balaban J connectivity index is 1.65. The lowest BCUT2D eigenvalue weighted by atomic mass is 10.2. The van der Waals surface area contributed by atoms with Crippen LogP contribution < -0.4 is 20.3 Å². The predicted octanol–water partition coefficient (Wildman–Crippen LogP) is 0.653. The monoisotopic (exact) mass is 367 g/mol. The summed E-state index contributed by atoms with van der Waals surface area (Å²) in [7, 11) is 1.59. The minimum Gasteiger partial charge on any atom is -0.483 e. The lowest BCUT2D eigenvalue weighted by Gasteiger charge is -2.20. The van der Waals surface area contributed by atoms with Gasteiger partial charge in [-0.3, -0.25) is 9.69 Å². The molecule has 0 radical (unpaired) electrons. The van der Waals surface area contributed by atoms with Crippen LogP contribution in [0.1, 0.15) is 6.92 Å². The van der Waals surface area contributed by atoms with E-state index in [-0.39, 0.29) is 37.0 Å². The summed E-state index contributed by atoms with van der Waals surface area (Å²) in [5.41, 5.74) is 0.373. The molecule has 0 aromatic heterocycles. The normalized spacial score (nSPS) is 25.3. The highest BCUT2D eigenvalue weighted by Gasteiger charge is 2.33. The highest BCUT2D eigenvalue weighted by molar-refractivity contribution is 5.89. The van der Waals surface area contributed by atoms with Gasteiger partial charge in [-0.1, -0.05) is 0 Å². The largest absolute Gasteiger partial charge is 0.483 e. The summed E-state index contributed by atoms with van der Waals surface area (Å²) in [6.07, 6.45) is -1.47. The van der Waals surface area contributed by atoms with Gasteiger partial charge in [0, 0.05) is 33.2 Å². The Kier molecular flexibility index (Phi) is 5.58. The minimum atomic E-state index is -0.576. The van der Waals surface area contributed by atoms with Crippen molar-refractivity contribution in [2.24, 2.45) is 0 Å². The van der Waals surface area contributed by atoms with Crippen LogP contribution in [-0.2, 0) is 14.3 Å². The Morgan fingerprint density at radius 1 is 1.42 bits per heavy atom. The molecule has 2 amide bonds. The fourth-order valence-electron chi connectivity index (χ4n) is 3.00. The number of carbonyl (C=O) groups is 2. The summed E-state index contributed by atoms with van der Waals surface area (Å²) < 4.78 is 30.6. The summed E-state index contributed by atoms with van der Waals surface area (Å²) in [4.78, 5) is 24.3. The molecule has 3 atom stereocenters. The molecule has 0 saturated carbocycles. The van der Waals surface area contributed by atoms with Crippen LogP contribution in [-0.4, -0.2) is 63.6 Å². The fraction of sp³-hybridized carbons (Fsp3) is 0.529. The molecular weight excluding hydrogens is 345 g/mol. The Hall–Kier alpha value is -2.39. The van der Waals surface area contributed by atoms with E-state index in [0.29, 0.717) is 18.8 Å². The molecule has 1 unspecified atom stereocenters. The molecule has 2 aliphatic rings. The standard InChI is InChI=1S/C17H22FN3O5/c1-10(22)20-6-12-9-21(17(23)25-12)11-3-4-14(13(18)5-11)26-16-8-19-7-15(16)24-2/h3-5,12,15-16,19H,6-9H2,1-2H3,(H,20,22)/t12-,15?,16-/m0/s1. The number of hydrogen-bond donors (Lipinski definition) is 2. The van der Waals surface area contributed by atoms with Crippen LogP contribution in [0.5, 0.6) is 5.75 Å². The van der Waals surface area contributed by atoms with Gasteiger partial charge in [0.2, 0.25) is 5.91 Å². The maximum Gasteiger partial charge on any atom is 0.414 e. The van der Waals surface area contributed by atoms with E-state index >= 15 is 0 Å². The lowest BCUT2D eigenvalue weighted by Crippen LogP contribution is -2.33. The van der Waals surface area contributed by atoms with E-state index in [9.17, 15) is 14.0 Å². The number of cyclic esters (lactones) is 1. The predicted molar refractivity (Wildman–Crippen MR) is 90.8 cm³/mol. The first-order valence-corrected chi connectivity index (χ1v) is 8.40. The van der Waals surface area contributed by atoms with Gasteiger partial charge in [-0.2, -0.15) is 0 Å². The molecule has 8 nitrogen and oxygen atoms in total. The van der Waals surface area contributed by atoms with Crippen molar-refractivity contribution in [2.75, 3.05) is 38.2 Å². The second kappa shape index (κ2) is 7.88. The lowest BCUT2D eigenvalue weighted by molar-refractivity contribution is -0.119. The van der Waals surface area contributed by atoms with E-state index in [1.165, 1.54) is 24.0 Å². The quantitative estimate of drug-likeness (QED) is 0.768. The average molecular weight is 367 g/mol. The number of halogens is 1. The molecule has 2 aliphatic heterocycles. The highest BCUT2D eigenvalue weighted by Crippen LogP contribution is 2.28. The van der Waals surface area contributed by atoms with Gasteiger partial charge in [-0.25, -0.2) is 9.18 Å². The molecule has 2 heterocycles. The van der Waals surface area contributed by atoms with Crippen molar-refractivity contribution in [1.82, 2.24) is 10.6 Å². The molecule has 0 spiro atoms. The van der Waals surface area contributed by atoms with Crippen LogP contribution in [0.25, 0.3) is 0 Å². The van der Waals surface area contributed by atoms with Gasteiger partial charge in [0.05, 0.1) is 18.8 Å². The number of hydrogen-bond acceptors (Lipinski definition) is 6. The SMILES string of the molecule is COC1CNC[C@@H]1Oc1ccc(N2C[C@H](CNC(C)=O)OC2=O)cc1F. The Morgan fingerprint density at radius 3 is 2.88 bits per heavy atom. The first-order chi connectivity index (χ1) is 12.5. The average Bonchev–Trinajstić information content (AvgIpc) is 3.20. The van der Waals surface area contributed by atoms with Crippen molar-refractivity contribution in [3.05, 3.63) is 24.0 Å². The number of benzene rings is 1. The highest BCUT2D eigenvalue weighted by atomic mass is 19.1. The van der Waals surface area contributed by atoms with Gasteiger partial charge in [0.15, 0.2) is 11.6 Å². The van der Waals surface area contributed by atoms with Gasteiger partial charge in [0.1, 0.15) is 18.3 Å². The molecule has 0 aliphatic carbocycles. The van der Waals surface area contributed by atoms with Crippen molar-refractivity contribution in [2.45, 2.75) is 25.2 Å². The summed E-state index contributed by atoms with van der Waals surface area (Å²) in [5.74, 6) is -0.669. The zero-order chi connectivity index (χ0) is 18.7. The molecule has 9 heteroatoms. The second-order valence-corrected chi connectivity index (χ2v) is 6.26.